The minimum Gasteiger partial charge on any atom is -0.493 e. The zero-order valence-electron chi connectivity index (χ0n) is 16.1. The molecular formula is C22H30NO3+. The topological polar surface area (TPSA) is 32.1 Å². The van der Waals surface area contributed by atoms with Crippen molar-refractivity contribution in [3.05, 3.63) is 53.6 Å². The zero-order valence-corrected chi connectivity index (χ0v) is 16.1. The average molecular weight is 356 g/mol. The summed E-state index contributed by atoms with van der Waals surface area (Å²) in [6, 6.07) is 15.0. The molecule has 140 valence electrons. The molecule has 1 aliphatic rings. The number of hydrogen-bond donors (Lipinski definition) is 1. The van der Waals surface area contributed by atoms with Crippen molar-refractivity contribution in [1.29, 1.82) is 0 Å². The molecule has 0 unspecified atom stereocenters. The van der Waals surface area contributed by atoms with E-state index in [1.807, 2.05) is 0 Å². The van der Waals surface area contributed by atoms with Crippen LogP contribution in [0.2, 0.25) is 0 Å². The largest absolute Gasteiger partial charge is 0.493 e. The summed E-state index contributed by atoms with van der Waals surface area (Å²) in [5, 5.41) is 0. The Labute approximate surface area is 156 Å². The van der Waals surface area contributed by atoms with Crippen molar-refractivity contribution in [2.45, 2.75) is 25.8 Å². The Morgan fingerprint density at radius 3 is 2.00 bits per heavy atom. The Balaban J connectivity index is 1.59. The van der Waals surface area contributed by atoms with Crippen LogP contribution in [-0.2, 0) is 13.0 Å². The lowest BCUT2D eigenvalue weighted by Crippen LogP contribution is -3.11. The maximum absolute atomic E-state index is 5.48. The van der Waals surface area contributed by atoms with E-state index < -0.39 is 0 Å². The molecule has 0 spiro atoms. The number of rotatable bonds is 7. The van der Waals surface area contributed by atoms with Crippen molar-refractivity contribution in [3.8, 4) is 17.2 Å². The van der Waals surface area contributed by atoms with Crippen LogP contribution < -0.4 is 19.1 Å². The Hall–Kier alpha value is -2.20. The molecule has 3 rings (SSSR count). The van der Waals surface area contributed by atoms with Crippen LogP contribution in [0.5, 0.6) is 17.2 Å². The highest BCUT2D eigenvalue weighted by Crippen LogP contribution is 2.38. The van der Waals surface area contributed by atoms with Gasteiger partial charge in [0.05, 0.1) is 34.4 Å². The number of piperidine rings is 1. The van der Waals surface area contributed by atoms with Crippen LogP contribution in [0.25, 0.3) is 0 Å². The van der Waals surface area contributed by atoms with Gasteiger partial charge >= 0.3 is 0 Å². The molecule has 1 saturated heterocycles. The van der Waals surface area contributed by atoms with Crippen molar-refractivity contribution in [3.63, 3.8) is 0 Å². The van der Waals surface area contributed by atoms with Gasteiger partial charge in [-0.25, -0.2) is 0 Å². The van der Waals surface area contributed by atoms with E-state index in [1.165, 1.54) is 43.5 Å². The third kappa shape index (κ3) is 4.50. The Morgan fingerprint density at radius 1 is 0.846 bits per heavy atom. The summed E-state index contributed by atoms with van der Waals surface area (Å²) < 4.78 is 16.4. The van der Waals surface area contributed by atoms with E-state index in [4.69, 9.17) is 14.2 Å². The van der Waals surface area contributed by atoms with Crippen LogP contribution >= 0.6 is 0 Å². The highest BCUT2D eigenvalue weighted by molar-refractivity contribution is 5.53. The normalized spacial score (nSPS) is 19.8. The van der Waals surface area contributed by atoms with E-state index in [9.17, 15) is 0 Å². The number of benzene rings is 2. The fourth-order valence-electron chi connectivity index (χ4n) is 3.94. The molecule has 4 nitrogen and oxygen atoms in total. The van der Waals surface area contributed by atoms with Gasteiger partial charge in [0.15, 0.2) is 11.5 Å². The standard InChI is InChI=1S/C22H29NO3/c1-24-20-14-19(15-21(25-2)22(20)26-3)16-23-11-9-18(10-12-23)13-17-7-5-4-6-8-17/h4-8,14-15,18H,9-13,16H2,1-3H3/p+1. The SMILES string of the molecule is COc1cc(C[NH+]2CCC(Cc3ccccc3)CC2)cc(OC)c1OC. The summed E-state index contributed by atoms with van der Waals surface area (Å²) >= 11 is 0. The van der Waals surface area contributed by atoms with Crippen LogP contribution in [0, 0.1) is 5.92 Å². The summed E-state index contributed by atoms with van der Waals surface area (Å²) in [6.45, 7) is 3.43. The molecule has 1 heterocycles. The van der Waals surface area contributed by atoms with Crippen molar-refractivity contribution in [2.24, 2.45) is 5.92 Å². The molecule has 0 amide bonds. The summed E-state index contributed by atoms with van der Waals surface area (Å²) in [4.78, 5) is 1.63. The predicted molar refractivity (Wildman–Crippen MR) is 103 cm³/mol. The first-order valence-corrected chi connectivity index (χ1v) is 9.40. The number of hydrogen-bond acceptors (Lipinski definition) is 3. The first kappa shape index (κ1) is 18.6. The fourth-order valence-corrected chi connectivity index (χ4v) is 3.94. The molecule has 2 aromatic rings. The van der Waals surface area contributed by atoms with Gasteiger partial charge in [0.2, 0.25) is 5.75 Å². The van der Waals surface area contributed by atoms with Crippen molar-refractivity contribution < 1.29 is 19.1 Å². The second-order valence-electron chi connectivity index (χ2n) is 7.09. The molecule has 1 N–H and O–H groups in total. The molecule has 0 radical (unpaired) electrons. The van der Waals surface area contributed by atoms with Gasteiger partial charge in [-0.05, 0) is 42.9 Å². The minimum atomic E-state index is 0.662. The number of nitrogens with one attached hydrogen (secondary N) is 1. The van der Waals surface area contributed by atoms with Crippen molar-refractivity contribution in [2.75, 3.05) is 34.4 Å². The van der Waals surface area contributed by atoms with E-state index in [0.29, 0.717) is 5.75 Å². The van der Waals surface area contributed by atoms with Gasteiger partial charge in [0, 0.05) is 5.56 Å². The highest BCUT2D eigenvalue weighted by atomic mass is 16.5. The van der Waals surface area contributed by atoms with Crippen LogP contribution in [-0.4, -0.2) is 34.4 Å². The molecule has 0 saturated carbocycles. The molecule has 26 heavy (non-hydrogen) atoms. The first-order chi connectivity index (χ1) is 12.7. The second-order valence-corrected chi connectivity index (χ2v) is 7.09. The second kappa shape index (κ2) is 8.95. The van der Waals surface area contributed by atoms with Crippen molar-refractivity contribution in [1.82, 2.24) is 0 Å². The minimum absolute atomic E-state index is 0.662. The van der Waals surface area contributed by atoms with E-state index in [0.717, 1.165) is 24.0 Å². The molecule has 0 atom stereocenters. The molecule has 0 aromatic heterocycles. The average Bonchev–Trinajstić information content (AvgIpc) is 2.69. The molecular weight excluding hydrogens is 326 g/mol. The number of methoxy groups -OCH3 is 3. The maximum Gasteiger partial charge on any atom is 0.203 e. The lowest BCUT2D eigenvalue weighted by Gasteiger charge is -2.29. The Kier molecular flexibility index (Phi) is 6.40. The number of ether oxygens (including phenoxy) is 3. The molecule has 4 heteroatoms. The quantitative estimate of drug-likeness (QED) is 0.828. The highest BCUT2D eigenvalue weighted by Gasteiger charge is 2.23. The van der Waals surface area contributed by atoms with E-state index in [2.05, 4.69) is 42.5 Å². The summed E-state index contributed by atoms with van der Waals surface area (Å²) in [6.07, 6.45) is 3.78. The lowest BCUT2D eigenvalue weighted by molar-refractivity contribution is -0.919. The van der Waals surface area contributed by atoms with Gasteiger partial charge in [-0.1, -0.05) is 30.3 Å². The monoisotopic (exact) mass is 356 g/mol. The molecule has 0 bridgehead atoms. The van der Waals surface area contributed by atoms with Gasteiger partial charge in [-0.3, -0.25) is 0 Å². The summed E-state index contributed by atoms with van der Waals surface area (Å²) in [5.41, 5.74) is 2.70. The van der Waals surface area contributed by atoms with Crippen LogP contribution in [0.1, 0.15) is 24.0 Å². The molecule has 1 fully saturated rings. The van der Waals surface area contributed by atoms with Gasteiger partial charge in [-0.15, -0.1) is 0 Å². The lowest BCUT2D eigenvalue weighted by atomic mass is 9.90. The van der Waals surface area contributed by atoms with E-state index in [1.54, 1.807) is 26.2 Å². The third-order valence-corrected chi connectivity index (χ3v) is 5.36. The van der Waals surface area contributed by atoms with E-state index >= 15 is 0 Å². The first-order valence-electron chi connectivity index (χ1n) is 9.40. The molecule has 2 aromatic carbocycles. The Bertz CT molecular complexity index is 669. The fraction of sp³-hybridized carbons (Fsp3) is 0.455. The smallest absolute Gasteiger partial charge is 0.203 e. The Morgan fingerprint density at radius 2 is 1.46 bits per heavy atom. The molecule has 0 aliphatic carbocycles. The van der Waals surface area contributed by atoms with Gasteiger partial charge < -0.3 is 19.1 Å². The number of likely N-dealkylation sites (tertiary alicyclic amines) is 1. The summed E-state index contributed by atoms with van der Waals surface area (Å²) in [5.74, 6) is 2.94. The van der Waals surface area contributed by atoms with Crippen molar-refractivity contribution >= 4 is 0 Å². The van der Waals surface area contributed by atoms with Crippen LogP contribution in [0.3, 0.4) is 0 Å². The summed E-state index contributed by atoms with van der Waals surface area (Å²) in [7, 11) is 4.98. The zero-order chi connectivity index (χ0) is 18.4. The molecule has 1 aliphatic heterocycles. The van der Waals surface area contributed by atoms with Gasteiger partial charge in [0.25, 0.3) is 0 Å². The third-order valence-electron chi connectivity index (χ3n) is 5.36. The van der Waals surface area contributed by atoms with Gasteiger partial charge in [-0.2, -0.15) is 0 Å². The van der Waals surface area contributed by atoms with E-state index in [-0.39, 0.29) is 0 Å². The predicted octanol–water partition coefficient (Wildman–Crippen LogP) is 2.75. The van der Waals surface area contributed by atoms with Crippen LogP contribution in [0.4, 0.5) is 0 Å². The maximum atomic E-state index is 5.48. The number of quaternary nitrogens is 1. The van der Waals surface area contributed by atoms with Gasteiger partial charge in [0.1, 0.15) is 6.54 Å². The van der Waals surface area contributed by atoms with Crippen LogP contribution in [0.15, 0.2) is 42.5 Å².